The fraction of sp³-hybridized carbons (Fsp3) is 0.375. The minimum atomic E-state index is -0.212. The molecular formula is C8H8BrNO2S. The first kappa shape index (κ1) is 9.18. The lowest BCUT2D eigenvalue weighted by molar-refractivity contribution is -0.103. The van der Waals surface area contributed by atoms with Crippen molar-refractivity contribution in [3.8, 4) is 0 Å². The van der Waals surface area contributed by atoms with Gasteiger partial charge in [-0.3, -0.25) is 0 Å². The number of halogens is 1. The second kappa shape index (κ2) is 3.77. The van der Waals surface area contributed by atoms with Crippen LogP contribution in [-0.2, 0) is 9.57 Å². The Morgan fingerprint density at radius 2 is 2.54 bits per heavy atom. The molecule has 3 nitrogen and oxygen atoms in total. The van der Waals surface area contributed by atoms with Crippen molar-refractivity contribution in [1.82, 2.24) is 0 Å². The van der Waals surface area contributed by atoms with Gasteiger partial charge >= 0.3 is 0 Å². The van der Waals surface area contributed by atoms with E-state index in [4.69, 9.17) is 9.57 Å². The predicted octanol–water partition coefficient (Wildman–Crippen LogP) is 2.61. The molecule has 5 heteroatoms. The van der Waals surface area contributed by atoms with Crippen molar-refractivity contribution in [2.75, 3.05) is 7.11 Å². The molecule has 1 aromatic heterocycles. The lowest BCUT2D eigenvalue weighted by Gasteiger charge is -2.02. The smallest absolute Gasteiger partial charge is 0.232 e. The highest BCUT2D eigenvalue weighted by Gasteiger charge is 2.22. The van der Waals surface area contributed by atoms with Crippen molar-refractivity contribution >= 4 is 33.0 Å². The van der Waals surface area contributed by atoms with E-state index in [2.05, 4.69) is 21.1 Å². The number of thiophene rings is 1. The van der Waals surface area contributed by atoms with Crippen LogP contribution in [0.3, 0.4) is 0 Å². The van der Waals surface area contributed by atoms with E-state index in [-0.39, 0.29) is 6.29 Å². The van der Waals surface area contributed by atoms with E-state index in [1.54, 1.807) is 18.4 Å². The van der Waals surface area contributed by atoms with E-state index in [9.17, 15) is 0 Å². The highest BCUT2D eigenvalue weighted by molar-refractivity contribution is 9.11. The zero-order valence-electron chi connectivity index (χ0n) is 6.99. The van der Waals surface area contributed by atoms with Crippen LogP contribution in [0.25, 0.3) is 0 Å². The summed E-state index contributed by atoms with van der Waals surface area (Å²) >= 11 is 5.05. The predicted molar refractivity (Wildman–Crippen MR) is 55.1 cm³/mol. The number of hydrogen-bond acceptors (Lipinski definition) is 4. The molecule has 0 fully saturated rings. The molecular weight excluding hydrogens is 254 g/mol. The van der Waals surface area contributed by atoms with Crippen molar-refractivity contribution < 1.29 is 9.57 Å². The van der Waals surface area contributed by atoms with E-state index in [0.717, 1.165) is 20.8 Å². The van der Waals surface area contributed by atoms with Gasteiger partial charge < -0.3 is 9.57 Å². The Kier molecular flexibility index (Phi) is 2.66. The molecule has 2 heterocycles. The normalized spacial score (nSPS) is 21.4. The molecule has 0 saturated carbocycles. The van der Waals surface area contributed by atoms with Gasteiger partial charge in [-0.05, 0) is 28.1 Å². The molecule has 0 N–H and O–H groups in total. The van der Waals surface area contributed by atoms with Gasteiger partial charge in [-0.25, -0.2) is 0 Å². The quantitative estimate of drug-likeness (QED) is 0.820. The zero-order valence-corrected chi connectivity index (χ0v) is 9.39. The molecule has 0 aliphatic carbocycles. The fourth-order valence-electron chi connectivity index (χ4n) is 1.10. The molecule has 0 aromatic carbocycles. The third-order valence-corrected chi connectivity index (χ3v) is 3.43. The molecule has 0 spiro atoms. The standard InChI is InChI=1S/C8H8BrNO2S/c1-11-8-4-5(10-12-8)6-2-3-7(9)13-6/h2-3,8H,4H2,1H3. The van der Waals surface area contributed by atoms with Crippen molar-refractivity contribution in [1.29, 1.82) is 0 Å². The SMILES string of the molecule is COC1CC(c2ccc(Br)s2)=NO1. The van der Waals surface area contributed by atoms with Gasteiger partial charge in [0, 0.05) is 7.11 Å². The third-order valence-electron chi connectivity index (χ3n) is 1.76. The van der Waals surface area contributed by atoms with Gasteiger partial charge in [0.2, 0.25) is 6.29 Å². The summed E-state index contributed by atoms with van der Waals surface area (Å²) in [6, 6.07) is 4.03. The summed E-state index contributed by atoms with van der Waals surface area (Å²) in [5.74, 6) is 0. The van der Waals surface area contributed by atoms with E-state index in [0.29, 0.717) is 0 Å². The second-order valence-electron chi connectivity index (χ2n) is 2.62. The molecule has 0 saturated heterocycles. The van der Waals surface area contributed by atoms with Crippen LogP contribution < -0.4 is 0 Å². The Bertz CT molecular complexity index is 337. The average Bonchev–Trinajstić information content (AvgIpc) is 2.71. The van der Waals surface area contributed by atoms with Gasteiger partial charge in [0.25, 0.3) is 0 Å². The van der Waals surface area contributed by atoms with Crippen LogP contribution in [0.4, 0.5) is 0 Å². The topological polar surface area (TPSA) is 30.8 Å². The minimum absolute atomic E-state index is 0.212. The van der Waals surface area contributed by atoms with Gasteiger partial charge in [0.05, 0.1) is 15.1 Å². The summed E-state index contributed by atoms with van der Waals surface area (Å²) < 4.78 is 6.13. The van der Waals surface area contributed by atoms with Crippen LogP contribution in [0.15, 0.2) is 21.1 Å². The van der Waals surface area contributed by atoms with E-state index < -0.39 is 0 Å². The van der Waals surface area contributed by atoms with Gasteiger partial charge in [-0.1, -0.05) is 5.16 Å². The summed E-state index contributed by atoms with van der Waals surface area (Å²) in [5.41, 5.74) is 0.961. The molecule has 2 rings (SSSR count). The lowest BCUT2D eigenvalue weighted by atomic mass is 10.2. The van der Waals surface area contributed by atoms with Crippen molar-refractivity contribution in [3.05, 3.63) is 20.8 Å². The first-order valence-electron chi connectivity index (χ1n) is 3.81. The van der Waals surface area contributed by atoms with Crippen LogP contribution in [-0.4, -0.2) is 19.1 Å². The highest BCUT2D eigenvalue weighted by atomic mass is 79.9. The molecule has 0 amide bonds. The third kappa shape index (κ3) is 1.92. The monoisotopic (exact) mass is 261 g/mol. The Morgan fingerprint density at radius 3 is 3.08 bits per heavy atom. The number of rotatable bonds is 2. The number of nitrogens with zero attached hydrogens (tertiary/aromatic N) is 1. The van der Waals surface area contributed by atoms with Gasteiger partial charge in [-0.2, -0.15) is 0 Å². The van der Waals surface area contributed by atoms with Crippen LogP contribution in [0.2, 0.25) is 0 Å². The molecule has 1 aliphatic heterocycles. The van der Waals surface area contributed by atoms with E-state index >= 15 is 0 Å². The first-order chi connectivity index (χ1) is 6.29. The summed E-state index contributed by atoms with van der Waals surface area (Å²) in [4.78, 5) is 6.17. The Labute approximate surface area is 88.5 Å². The summed E-state index contributed by atoms with van der Waals surface area (Å²) in [7, 11) is 1.62. The Balaban J connectivity index is 2.12. The number of hydrogen-bond donors (Lipinski definition) is 0. The van der Waals surface area contributed by atoms with Gasteiger partial charge in [0.15, 0.2) is 0 Å². The number of ether oxygens (including phenoxy) is 1. The van der Waals surface area contributed by atoms with Crippen molar-refractivity contribution in [3.63, 3.8) is 0 Å². The molecule has 13 heavy (non-hydrogen) atoms. The van der Waals surface area contributed by atoms with Crippen molar-refractivity contribution in [2.45, 2.75) is 12.7 Å². The van der Waals surface area contributed by atoms with Crippen molar-refractivity contribution in [2.24, 2.45) is 5.16 Å². The maximum Gasteiger partial charge on any atom is 0.232 e. The summed E-state index contributed by atoms with van der Waals surface area (Å²) in [6.07, 6.45) is 0.513. The van der Waals surface area contributed by atoms with E-state index in [1.165, 1.54) is 0 Å². The molecule has 0 bridgehead atoms. The highest BCUT2D eigenvalue weighted by Crippen LogP contribution is 2.26. The Hall–Kier alpha value is -0.390. The molecule has 1 unspecified atom stereocenters. The number of methoxy groups -OCH3 is 1. The van der Waals surface area contributed by atoms with E-state index in [1.807, 2.05) is 12.1 Å². The molecule has 70 valence electrons. The molecule has 1 aliphatic rings. The van der Waals surface area contributed by atoms with Gasteiger partial charge in [-0.15, -0.1) is 11.3 Å². The van der Waals surface area contributed by atoms with Crippen LogP contribution in [0.1, 0.15) is 11.3 Å². The zero-order chi connectivity index (χ0) is 9.26. The largest absolute Gasteiger partial charge is 0.363 e. The molecule has 1 atom stereocenters. The summed E-state index contributed by atoms with van der Waals surface area (Å²) in [6.45, 7) is 0. The van der Waals surface area contributed by atoms with Crippen LogP contribution >= 0.6 is 27.3 Å². The molecule has 0 radical (unpaired) electrons. The van der Waals surface area contributed by atoms with Crippen LogP contribution in [0, 0.1) is 0 Å². The fourth-order valence-corrected chi connectivity index (χ4v) is 2.47. The van der Waals surface area contributed by atoms with Gasteiger partial charge in [0.1, 0.15) is 5.71 Å². The number of oxime groups is 1. The minimum Gasteiger partial charge on any atom is -0.363 e. The summed E-state index contributed by atoms with van der Waals surface area (Å²) in [5, 5.41) is 3.95. The van der Waals surface area contributed by atoms with Crippen LogP contribution in [0.5, 0.6) is 0 Å². The molecule has 1 aromatic rings. The lowest BCUT2D eigenvalue weighted by Crippen LogP contribution is -2.09. The Morgan fingerprint density at radius 1 is 1.69 bits per heavy atom. The second-order valence-corrected chi connectivity index (χ2v) is 5.08. The average molecular weight is 262 g/mol. The maximum atomic E-state index is 5.04. The maximum absolute atomic E-state index is 5.04. The first-order valence-corrected chi connectivity index (χ1v) is 5.42.